The molecule has 0 bridgehead atoms. The highest BCUT2D eigenvalue weighted by Crippen LogP contribution is 2.26. The fourth-order valence-electron chi connectivity index (χ4n) is 3.15. The number of benzene rings is 1. The SMILES string of the molecule is CCOc1ccccc1C(=O)NCC(=O)N1CCC(c2nc(C)no2)CC1. The molecule has 0 atom stereocenters. The van der Waals surface area contributed by atoms with Gasteiger partial charge in [0.15, 0.2) is 5.82 Å². The Labute approximate surface area is 157 Å². The zero-order valence-electron chi connectivity index (χ0n) is 15.6. The molecule has 1 aromatic heterocycles. The number of hydrogen-bond donors (Lipinski definition) is 1. The van der Waals surface area contributed by atoms with Crippen LogP contribution in [0.25, 0.3) is 0 Å². The van der Waals surface area contributed by atoms with Crippen LogP contribution in [-0.4, -0.2) is 53.1 Å². The molecule has 2 aromatic rings. The van der Waals surface area contributed by atoms with Gasteiger partial charge < -0.3 is 19.5 Å². The predicted molar refractivity (Wildman–Crippen MR) is 97.5 cm³/mol. The number of nitrogens with one attached hydrogen (secondary N) is 1. The van der Waals surface area contributed by atoms with E-state index in [-0.39, 0.29) is 24.3 Å². The highest BCUT2D eigenvalue weighted by molar-refractivity contribution is 5.98. The molecule has 1 saturated heterocycles. The maximum atomic E-state index is 12.4. The number of rotatable bonds is 6. The number of hydrogen-bond acceptors (Lipinski definition) is 6. The average Bonchev–Trinajstić information content (AvgIpc) is 3.13. The van der Waals surface area contributed by atoms with Crippen molar-refractivity contribution in [3.8, 4) is 5.75 Å². The second-order valence-electron chi connectivity index (χ2n) is 6.45. The molecule has 0 aliphatic carbocycles. The van der Waals surface area contributed by atoms with E-state index in [4.69, 9.17) is 9.26 Å². The van der Waals surface area contributed by atoms with Crippen molar-refractivity contribution >= 4 is 11.8 Å². The maximum Gasteiger partial charge on any atom is 0.255 e. The van der Waals surface area contributed by atoms with Crippen molar-refractivity contribution in [2.24, 2.45) is 0 Å². The number of para-hydroxylation sites is 1. The molecule has 1 aliphatic heterocycles. The van der Waals surface area contributed by atoms with E-state index in [9.17, 15) is 9.59 Å². The molecule has 0 unspecified atom stereocenters. The van der Waals surface area contributed by atoms with Crippen LogP contribution in [0, 0.1) is 6.92 Å². The summed E-state index contributed by atoms with van der Waals surface area (Å²) >= 11 is 0. The van der Waals surface area contributed by atoms with E-state index in [2.05, 4.69) is 15.5 Å². The molecule has 0 spiro atoms. The maximum absolute atomic E-state index is 12.4. The lowest BCUT2D eigenvalue weighted by Gasteiger charge is -2.30. The van der Waals surface area contributed by atoms with E-state index in [1.165, 1.54) is 0 Å². The van der Waals surface area contributed by atoms with Crippen molar-refractivity contribution in [1.82, 2.24) is 20.4 Å². The minimum absolute atomic E-state index is 0.0381. The summed E-state index contributed by atoms with van der Waals surface area (Å²) in [5.74, 6) is 1.54. The molecule has 2 heterocycles. The van der Waals surface area contributed by atoms with Gasteiger partial charge in [0.2, 0.25) is 11.8 Å². The fourth-order valence-corrected chi connectivity index (χ4v) is 3.15. The normalized spacial score (nSPS) is 14.8. The largest absolute Gasteiger partial charge is 0.493 e. The number of nitrogens with zero attached hydrogens (tertiary/aromatic N) is 3. The number of piperidine rings is 1. The minimum atomic E-state index is -0.316. The summed E-state index contributed by atoms with van der Waals surface area (Å²) in [5.41, 5.74) is 0.428. The second kappa shape index (κ2) is 8.66. The topological polar surface area (TPSA) is 97.6 Å². The first kappa shape index (κ1) is 18.9. The van der Waals surface area contributed by atoms with Gasteiger partial charge in [0, 0.05) is 19.0 Å². The number of carbonyl (C=O) groups excluding carboxylic acids is 2. The molecule has 27 heavy (non-hydrogen) atoms. The molecule has 0 saturated carbocycles. The van der Waals surface area contributed by atoms with Crippen molar-refractivity contribution in [3.63, 3.8) is 0 Å². The Morgan fingerprint density at radius 3 is 2.70 bits per heavy atom. The van der Waals surface area contributed by atoms with Gasteiger partial charge in [0.25, 0.3) is 5.91 Å². The summed E-state index contributed by atoms with van der Waals surface area (Å²) in [7, 11) is 0. The van der Waals surface area contributed by atoms with Gasteiger partial charge in [-0.05, 0) is 38.8 Å². The molecular weight excluding hydrogens is 348 g/mol. The van der Waals surface area contributed by atoms with Crippen LogP contribution in [-0.2, 0) is 4.79 Å². The monoisotopic (exact) mass is 372 g/mol. The Balaban J connectivity index is 1.49. The molecule has 2 amide bonds. The summed E-state index contributed by atoms with van der Waals surface area (Å²) in [6, 6.07) is 7.00. The van der Waals surface area contributed by atoms with Crippen molar-refractivity contribution < 1.29 is 18.8 Å². The van der Waals surface area contributed by atoms with Gasteiger partial charge >= 0.3 is 0 Å². The van der Waals surface area contributed by atoms with Gasteiger partial charge in [-0.15, -0.1) is 0 Å². The Kier molecular flexibility index (Phi) is 6.05. The number of carbonyl (C=O) groups is 2. The van der Waals surface area contributed by atoms with Crippen molar-refractivity contribution in [2.75, 3.05) is 26.2 Å². The van der Waals surface area contributed by atoms with Gasteiger partial charge in [0.05, 0.1) is 18.7 Å². The molecule has 8 heteroatoms. The first-order chi connectivity index (χ1) is 13.1. The first-order valence-electron chi connectivity index (χ1n) is 9.16. The Morgan fingerprint density at radius 2 is 2.04 bits per heavy atom. The van der Waals surface area contributed by atoms with E-state index >= 15 is 0 Å². The zero-order valence-corrected chi connectivity index (χ0v) is 15.6. The van der Waals surface area contributed by atoms with Crippen LogP contribution in [0.3, 0.4) is 0 Å². The summed E-state index contributed by atoms with van der Waals surface area (Å²) in [6.45, 7) is 5.30. The number of aromatic nitrogens is 2. The Bertz CT molecular complexity index is 797. The lowest BCUT2D eigenvalue weighted by atomic mass is 9.97. The van der Waals surface area contributed by atoms with Crippen LogP contribution in [0.1, 0.15) is 47.8 Å². The van der Waals surface area contributed by atoms with Gasteiger partial charge in [-0.25, -0.2) is 0 Å². The van der Waals surface area contributed by atoms with Crippen molar-refractivity contribution in [3.05, 3.63) is 41.5 Å². The number of aryl methyl sites for hydroxylation is 1. The number of amides is 2. The van der Waals surface area contributed by atoms with E-state index < -0.39 is 0 Å². The van der Waals surface area contributed by atoms with E-state index in [1.54, 1.807) is 30.0 Å². The van der Waals surface area contributed by atoms with Crippen molar-refractivity contribution in [2.45, 2.75) is 32.6 Å². The van der Waals surface area contributed by atoms with E-state index in [0.29, 0.717) is 42.7 Å². The van der Waals surface area contributed by atoms with E-state index in [0.717, 1.165) is 12.8 Å². The quantitative estimate of drug-likeness (QED) is 0.832. The van der Waals surface area contributed by atoms with Crippen LogP contribution >= 0.6 is 0 Å². The molecule has 3 rings (SSSR count). The van der Waals surface area contributed by atoms with Gasteiger partial charge in [-0.2, -0.15) is 4.98 Å². The third-order valence-corrected chi connectivity index (χ3v) is 4.57. The number of ether oxygens (including phenoxy) is 1. The first-order valence-corrected chi connectivity index (χ1v) is 9.16. The zero-order chi connectivity index (χ0) is 19.2. The smallest absolute Gasteiger partial charge is 0.255 e. The molecule has 1 N–H and O–H groups in total. The molecule has 144 valence electrons. The van der Waals surface area contributed by atoms with Crippen LogP contribution < -0.4 is 10.1 Å². The van der Waals surface area contributed by atoms with Crippen molar-refractivity contribution in [1.29, 1.82) is 0 Å². The summed E-state index contributed by atoms with van der Waals surface area (Å²) < 4.78 is 10.7. The lowest BCUT2D eigenvalue weighted by molar-refractivity contribution is -0.131. The van der Waals surface area contributed by atoms with Crippen LogP contribution in [0.5, 0.6) is 5.75 Å². The van der Waals surface area contributed by atoms with Crippen LogP contribution in [0.4, 0.5) is 0 Å². The highest BCUT2D eigenvalue weighted by atomic mass is 16.5. The third kappa shape index (κ3) is 4.64. The van der Waals surface area contributed by atoms with Crippen LogP contribution in [0.15, 0.2) is 28.8 Å². The Hall–Kier alpha value is -2.90. The third-order valence-electron chi connectivity index (χ3n) is 4.57. The minimum Gasteiger partial charge on any atom is -0.493 e. The molecule has 0 radical (unpaired) electrons. The molecule has 1 aromatic carbocycles. The Morgan fingerprint density at radius 1 is 1.30 bits per heavy atom. The fraction of sp³-hybridized carbons (Fsp3) is 0.474. The van der Waals surface area contributed by atoms with Crippen LogP contribution in [0.2, 0.25) is 0 Å². The van der Waals surface area contributed by atoms with Gasteiger partial charge in [-0.3, -0.25) is 9.59 Å². The highest BCUT2D eigenvalue weighted by Gasteiger charge is 2.27. The molecule has 8 nitrogen and oxygen atoms in total. The van der Waals surface area contributed by atoms with E-state index in [1.807, 2.05) is 13.0 Å². The summed E-state index contributed by atoms with van der Waals surface area (Å²) in [5, 5.41) is 6.51. The lowest BCUT2D eigenvalue weighted by Crippen LogP contribution is -2.43. The van der Waals surface area contributed by atoms with Gasteiger partial charge in [0.1, 0.15) is 5.75 Å². The molecule has 1 fully saturated rings. The molecular formula is C19H24N4O4. The predicted octanol–water partition coefficient (Wildman–Crippen LogP) is 1.91. The average molecular weight is 372 g/mol. The van der Waals surface area contributed by atoms with Gasteiger partial charge in [-0.1, -0.05) is 17.3 Å². The second-order valence-corrected chi connectivity index (χ2v) is 6.45. The summed E-state index contributed by atoms with van der Waals surface area (Å²) in [6.07, 6.45) is 1.54. The standard InChI is InChI=1S/C19H24N4O4/c1-3-26-16-7-5-4-6-15(16)18(25)20-12-17(24)23-10-8-14(9-11-23)19-21-13(2)22-27-19/h4-7,14H,3,8-12H2,1-2H3,(H,20,25). The summed E-state index contributed by atoms with van der Waals surface area (Å²) in [4.78, 5) is 30.8. The molecule has 1 aliphatic rings. The number of likely N-dealkylation sites (tertiary alicyclic amines) is 1.